The molecule has 0 aliphatic heterocycles. The van der Waals surface area contributed by atoms with Gasteiger partial charge in [0.25, 0.3) is 0 Å². The van der Waals surface area contributed by atoms with Gasteiger partial charge in [-0.25, -0.2) is 0 Å². The molecule has 1 aliphatic carbocycles. The Balaban J connectivity index is 2.03. The second-order valence-electron chi connectivity index (χ2n) is 5.84. The van der Waals surface area contributed by atoms with E-state index < -0.39 is 0 Å². The van der Waals surface area contributed by atoms with Crippen LogP contribution in [0.15, 0.2) is 53.6 Å². The van der Waals surface area contributed by atoms with Crippen LogP contribution in [0.3, 0.4) is 0 Å². The largest absolute Gasteiger partial charge is 0.497 e. The van der Waals surface area contributed by atoms with Crippen LogP contribution in [0.25, 0.3) is 0 Å². The van der Waals surface area contributed by atoms with E-state index in [1.807, 2.05) is 25.1 Å². The van der Waals surface area contributed by atoms with Gasteiger partial charge < -0.3 is 4.74 Å². The summed E-state index contributed by atoms with van der Waals surface area (Å²) in [5.74, 6) is 0.640. The summed E-state index contributed by atoms with van der Waals surface area (Å²) in [4.78, 5) is 25.3. The van der Waals surface area contributed by atoms with Crippen molar-refractivity contribution >= 4 is 11.6 Å². The summed E-state index contributed by atoms with van der Waals surface area (Å²) >= 11 is 0. The van der Waals surface area contributed by atoms with Gasteiger partial charge in [-0.1, -0.05) is 30.3 Å². The zero-order chi connectivity index (χ0) is 16.6. The molecule has 0 saturated carbocycles. The van der Waals surface area contributed by atoms with Crippen molar-refractivity contribution in [3.63, 3.8) is 0 Å². The molecular formula is C20H18O3. The minimum absolute atomic E-state index is 0.0572. The quantitative estimate of drug-likeness (QED) is 0.862. The van der Waals surface area contributed by atoms with E-state index in [1.54, 1.807) is 38.3 Å². The summed E-state index contributed by atoms with van der Waals surface area (Å²) in [5.41, 5.74) is 4.14. The molecule has 0 saturated heterocycles. The van der Waals surface area contributed by atoms with Gasteiger partial charge in [-0.3, -0.25) is 9.59 Å². The third-order valence-corrected chi connectivity index (χ3v) is 4.21. The van der Waals surface area contributed by atoms with E-state index in [0.717, 1.165) is 16.9 Å². The molecule has 3 nitrogen and oxygen atoms in total. The fraction of sp³-hybridized carbons (Fsp3) is 0.200. The summed E-state index contributed by atoms with van der Waals surface area (Å²) in [5, 5.41) is 0. The number of carbonyl (C=O) groups is 2. The summed E-state index contributed by atoms with van der Waals surface area (Å²) in [6.45, 7) is 3.72. The lowest BCUT2D eigenvalue weighted by molar-refractivity contribution is 0.0973. The van der Waals surface area contributed by atoms with Crippen molar-refractivity contribution in [2.24, 2.45) is 0 Å². The number of methoxy groups -OCH3 is 1. The highest BCUT2D eigenvalue weighted by Crippen LogP contribution is 2.29. The summed E-state index contributed by atoms with van der Waals surface area (Å²) in [6, 6.07) is 12.9. The van der Waals surface area contributed by atoms with Crippen LogP contribution >= 0.6 is 0 Å². The maximum Gasteiger partial charge on any atom is 0.190 e. The van der Waals surface area contributed by atoms with Crippen LogP contribution in [0.2, 0.25) is 0 Å². The first-order valence-electron chi connectivity index (χ1n) is 7.54. The lowest BCUT2D eigenvalue weighted by Crippen LogP contribution is -2.22. The SMILES string of the molecule is COc1cc(C)cc(CC2=C(C)C(=O)c3ccccc3C2=O)c1. The third kappa shape index (κ3) is 2.70. The lowest BCUT2D eigenvalue weighted by atomic mass is 9.82. The van der Waals surface area contributed by atoms with Gasteiger partial charge in [0.2, 0.25) is 0 Å². The van der Waals surface area contributed by atoms with Crippen LogP contribution in [-0.4, -0.2) is 18.7 Å². The van der Waals surface area contributed by atoms with Crippen molar-refractivity contribution in [2.75, 3.05) is 7.11 Å². The number of ketones is 2. The number of aryl methyl sites for hydroxylation is 1. The van der Waals surface area contributed by atoms with E-state index in [0.29, 0.717) is 28.7 Å². The Morgan fingerprint density at radius 3 is 2.22 bits per heavy atom. The van der Waals surface area contributed by atoms with Crippen molar-refractivity contribution in [3.05, 3.63) is 75.9 Å². The highest BCUT2D eigenvalue weighted by atomic mass is 16.5. The number of allylic oxidation sites excluding steroid dienone is 2. The first kappa shape index (κ1) is 15.2. The number of carbonyl (C=O) groups excluding carboxylic acids is 2. The Kier molecular flexibility index (Phi) is 3.87. The second-order valence-corrected chi connectivity index (χ2v) is 5.84. The van der Waals surface area contributed by atoms with Gasteiger partial charge >= 0.3 is 0 Å². The monoisotopic (exact) mass is 306 g/mol. The number of hydrogen-bond donors (Lipinski definition) is 0. The van der Waals surface area contributed by atoms with Crippen molar-refractivity contribution in [2.45, 2.75) is 20.3 Å². The predicted octanol–water partition coefficient (Wildman–Crippen LogP) is 3.94. The van der Waals surface area contributed by atoms with E-state index in [-0.39, 0.29) is 11.6 Å². The standard InChI is InChI=1S/C20H18O3/c1-12-8-14(10-15(9-12)23-3)11-18-13(2)19(21)16-6-4-5-7-17(16)20(18)22/h4-10H,11H2,1-3H3. The minimum atomic E-state index is -0.0604. The molecule has 0 radical (unpaired) electrons. The maximum atomic E-state index is 12.8. The van der Waals surface area contributed by atoms with E-state index in [2.05, 4.69) is 0 Å². The summed E-state index contributed by atoms with van der Waals surface area (Å²) in [7, 11) is 1.62. The maximum absolute atomic E-state index is 12.8. The second kappa shape index (κ2) is 5.84. The number of rotatable bonds is 3. The predicted molar refractivity (Wildman–Crippen MR) is 89.2 cm³/mol. The van der Waals surface area contributed by atoms with Gasteiger partial charge in [0.05, 0.1) is 7.11 Å². The molecule has 0 aromatic heterocycles. The van der Waals surface area contributed by atoms with Crippen molar-refractivity contribution in [3.8, 4) is 5.75 Å². The van der Waals surface area contributed by atoms with Crippen LogP contribution in [0.4, 0.5) is 0 Å². The number of ether oxygens (including phenoxy) is 1. The van der Waals surface area contributed by atoms with Gasteiger partial charge in [0.1, 0.15) is 5.75 Å². The van der Waals surface area contributed by atoms with E-state index >= 15 is 0 Å². The average Bonchev–Trinajstić information content (AvgIpc) is 2.56. The molecule has 2 aromatic carbocycles. The fourth-order valence-electron chi connectivity index (χ4n) is 3.01. The highest BCUT2D eigenvalue weighted by Gasteiger charge is 2.29. The normalized spacial score (nSPS) is 14.0. The molecule has 0 fully saturated rings. The molecule has 0 amide bonds. The highest BCUT2D eigenvalue weighted by molar-refractivity contribution is 6.26. The first-order valence-corrected chi connectivity index (χ1v) is 7.54. The summed E-state index contributed by atoms with van der Waals surface area (Å²) < 4.78 is 5.29. The molecule has 0 heterocycles. The van der Waals surface area contributed by atoms with Crippen molar-refractivity contribution < 1.29 is 14.3 Å². The number of hydrogen-bond acceptors (Lipinski definition) is 3. The Bertz CT molecular complexity index is 844. The molecule has 0 unspecified atom stereocenters. The number of Topliss-reactive ketones (excluding diaryl/α,β-unsaturated/α-hetero) is 2. The molecule has 1 aliphatic rings. The molecule has 0 atom stereocenters. The zero-order valence-corrected chi connectivity index (χ0v) is 13.5. The van der Waals surface area contributed by atoms with Crippen LogP contribution in [0.1, 0.15) is 38.8 Å². The number of fused-ring (bicyclic) bond motifs is 1. The lowest BCUT2D eigenvalue weighted by Gasteiger charge is -2.19. The molecule has 0 N–H and O–H groups in total. The van der Waals surface area contributed by atoms with Crippen molar-refractivity contribution in [1.29, 1.82) is 0 Å². The van der Waals surface area contributed by atoms with Gasteiger partial charge in [-0.05, 0) is 37.1 Å². The third-order valence-electron chi connectivity index (χ3n) is 4.21. The Hall–Kier alpha value is -2.68. The van der Waals surface area contributed by atoms with E-state index in [1.165, 1.54) is 0 Å². The van der Waals surface area contributed by atoms with Gasteiger partial charge in [-0.2, -0.15) is 0 Å². The Labute approximate surface area is 135 Å². The van der Waals surface area contributed by atoms with E-state index in [4.69, 9.17) is 4.74 Å². The molecular weight excluding hydrogens is 288 g/mol. The van der Waals surface area contributed by atoms with Crippen molar-refractivity contribution in [1.82, 2.24) is 0 Å². The smallest absolute Gasteiger partial charge is 0.190 e. The van der Waals surface area contributed by atoms with Gasteiger partial charge in [0, 0.05) is 28.7 Å². The minimum Gasteiger partial charge on any atom is -0.497 e. The van der Waals surface area contributed by atoms with Crippen LogP contribution < -0.4 is 4.74 Å². The molecule has 0 spiro atoms. The fourth-order valence-corrected chi connectivity index (χ4v) is 3.01. The Morgan fingerprint density at radius 1 is 0.913 bits per heavy atom. The van der Waals surface area contributed by atoms with Gasteiger partial charge in [0.15, 0.2) is 11.6 Å². The topological polar surface area (TPSA) is 43.4 Å². The van der Waals surface area contributed by atoms with E-state index in [9.17, 15) is 9.59 Å². The molecule has 23 heavy (non-hydrogen) atoms. The molecule has 2 aromatic rings. The van der Waals surface area contributed by atoms with Crippen LogP contribution in [-0.2, 0) is 6.42 Å². The number of benzene rings is 2. The van der Waals surface area contributed by atoms with Crippen LogP contribution in [0, 0.1) is 6.92 Å². The molecule has 3 rings (SSSR count). The van der Waals surface area contributed by atoms with Gasteiger partial charge in [-0.15, -0.1) is 0 Å². The average molecular weight is 306 g/mol. The first-order chi connectivity index (χ1) is 11.0. The zero-order valence-electron chi connectivity index (χ0n) is 13.5. The molecule has 3 heteroatoms. The Morgan fingerprint density at radius 2 is 1.57 bits per heavy atom. The molecule has 0 bridgehead atoms. The summed E-state index contributed by atoms with van der Waals surface area (Å²) in [6.07, 6.45) is 0.433. The molecule has 116 valence electrons. The van der Waals surface area contributed by atoms with Crippen LogP contribution in [0.5, 0.6) is 5.75 Å².